The molecular weight excluding hydrogens is 523 g/mol. The van der Waals surface area contributed by atoms with Gasteiger partial charge in [-0.1, -0.05) is 12.8 Å². The summed E-state index contributed by atoms with van der Waals surface area (Å²) in [6.45, 7) is 3.59. The van der Waals surface area contributed by atoms with Gasteiger partial charge in [0.05, 0.1) is 18.3 Å². The van der Waals surface area contributed by atoms with Gasteiger partial charge in [0.1, 0.15) is 12.3 Å². The summed E-state index contributed by atoms with van der Waals surface area (Å²) in [5, 5.41) is 15.1. The molecule has 0 aliphatic carbocycles. The van der Waals surface area contributed by atoms with Crippen LogP contribution in [-0.4, -0.2) is 77.5 Å². The van der Waals surface area contributed by atoms with Crippen molar-refractivity contribution in [3.8, 4) is 0 Å². The molecule has 1 aliphatic heterocycles. The lowest BCUT2D eigenvalue weighted by atomic mass is 10.2. The lowest BCUT2D eigenvalue weighted by molar-refractivity contribution is -0.120. The number of hydrogen-bond donors (Lipinski definition) is 5. The molecule has 0 radical (unpaired) electrons. The molecule has 0 spiro atoms. The number of aromatic amines is 1. The molecule has 37 heavy (non-hydrogen) atoms. The molecule has 208 valence electrons. The van der Waals surface area contributed by atoms with E-state index in [0.717, 1.165) is 30.3 Å². The second-order valence-electron chi connectivity index (χ2n) is 9.06. The molecule has 12 nitrogen and oxygen atoms in total. The zero-order chi connectivity index (χ0) is 27.4. The Kier molecular flexibility index (Phi) is 12.8. The summed E-state index contributed by atoms with van der Waals surface area (Å²) in [6.07, 6.45) is 5.47. The van der Waals surface area contributed by atoms with Crippen molar-refractivity contribution >= 4 is 37.9 Å². The number of aliphatic hydroxyl groups is 1. The van der Waals surface area contributed by atoms with E-state index >= 15 is 0 Å². The van der Waals surface area contributed by atoms with E-state index in [1.807, 2.05) is 0 Å². The number of hydrogen-bond acceptors (Lipinski definition) is 9. The number of ether oxygens (including phenoxy) is 1. The van der Waals surface area contributed by atoms with E-state index in [9.17, 15) is 28.8 Å². The molecule has 4 N–H and O–H groups in total. The van der Waals surface area contributed by atoms with Gasteiger partial charge in [0.25, 0.3) is 5.56 Å². The largest absolute Gasteiger partial charge is 0.394 e. The second kappa shape index (κ2) is 15.3. The Morgan fingerprint density at radius 1 is 1.24 bits per heavy atom. The summed E-state index contributed by atoms with van der Waals surface area (Å²) in [5.41, 5.74) is -1.31. The van der Waals surface area contributed by atoms with Gasteiger partial charge in [0.15, 0.2) is 7.37 Å². The highest BCUT2D eigenvalue weighted by Crippen LogP contribution is 2.44. The van der Waals surface area contributed by atoms with Crippen LogP contribution >= 0.6 is 20.0 Å². The number of carbonyl (C=O) groups is 2. The van der Waals surface area contributed by atoms with Crippen molar-refractivity contribution in [3.63, 3.8) is 0 Å². The van der Waals surface area contributed by atoms with E-state index in [1.54, 1.807) is 0 Å². The quantitative estimate of drug-likeness (QED) is 0.0911. The van der Waals surface area contributed by atoms with Crippen LogP contribution in [0.4, 0.5) is 0 Å². The van der Waals surface area contributed by atoms with Crippen LogP contribution in [0.25, 0.3) is 6.08 Å². The highest BCUT2D eigenvalue weighted by Gasteiger charge is 2.39. The van der Waals surface area contributed by atoms with Gasteiger partial charge in [-0.15, -0.1) is 0 Å². The topological polar surface area (TPSA) is 169 Å². The zero-order valence-corrected chi connectivity index (χ0v) is 23.0. The highest BCUT2D eigenvalue weighted by atomic mass is 32.1. The summed E-state index contributed by atoms with van der Waals surface area (Å²) < 4.78 is 24.4. The minimum absolute atomic E-state index is 0.00359. The molecule has 2 amide bonds. The van der Waals surface area contributed by atoms with Gasteiger partial charge in [-0.25, -0.2) is 4.79 Å². The van der Waals surface area contributed by atoms with Crippen LogP contribution in [0.1, 0.15) is 50.3 Å². The number of H-pyrrole nitrogens is 1. The van der Waals surface area contributed by atoms with E-state index in [4.69, 9.17) is 9.26 Å². The third-order valence-corrected chi connectivity index (χ3v) is 6.54. The van der Waals surface area contributed by atoms with Gasteiger partial charge < -0.3 is 25.0 Å². The van der Waals surface area contributed by atoms with Crippen LogP contribution in [0, 0.1) is 0 Å². The maximum Gasteiger partial charge on any atom is 0.330 e. The second-order valence-corrected chi connectivity index (χ2v) is 12.2. The molecule has 0 unspecified atom stereocenters. The molecule has 1 aliphatic rings. The van der Waals surface area contributed by atoms with Crippen molar-refractivity contribution < 1.29 is 28.5 Å². The van der Waals surface area contributed by atoms with Gasteiger partial charge in [-0.3, -0.25) is 28.5 Å². The number of thiol groups is 1. The number of amides is 2. The average Bonchev–Trinajstić information content (AvgIpc) is 3.21. The van der Waals surface area contributed by atoms with Crippen molar-refractivity contribution in [2.24, 2.45) is 0 Å². The molecule has 0 bridgehead atoms. The van der Waals surface area contributed by atoms with Crippen molar-refractivity contribution in [1.82, 2.24) is 20.2 Å². The van der Waals surface area contributed by atoms with Crippen molar-refractivity contribution in [1.29, 1.82) is 0 Å². The van der Waals surface area contributed by atoms with Gasteiger partial charge in [-0.05, 0) is 24.7 Å². The van der Waals surface area contributed by atoms with Crippen molar-refractivity contribution in [2.45, 2.75) is 57.0 Å². The fourth-order valence-corrected chi connectivity index (χ4v) is 4.84. The first-order chi connectivity index (χ1) is 17.5. The summed E-state index contributed by atoms with van der Waals surface area (Å²) in [6, 6.07) is 0. The Hall–Kier alpha value is -2.18. The smallest absolute Gasteiger partial charge is 0.330 e. The standard InChI is InChI=1S/C23H37N4O8PS/c1-36(2,33)35-17-13-21(34-18(17)15-28)27-14-16(22(31)26-23(27)32)7-8-19(29)24-10-5-3-4-6-11-25-20(30)9-12-37/h7-8,14,17-18,21,28,37H,3-6,9-13,15H2,1-2H3,(H,24,29)(H,25,30)(H,26,31,32)/b8-7+/t17-,18-,21-/m1/s1. The summed E-state index contributed by atoms with van der Waals surface area (Å²) >= 11 is 4.01. The minimum Gasteiger partial charge on any atom is -0.394 e. The maximum absolute atomic E-state index is 12.4. The molecule has 14 heteroatoms. The van der Waals surface area contributed by atoms with E-state index in [-0.39, 0.29) is 30.4 Å². The van der Waals surface area contributed by atoms with Crippen LogP contribution in [0.15, 0.2) is 21.9 Å². The lowest BCUT2D eigenvalue weighted by Crippen LogP contribution is -2.33. The molecular formula is C23H37N4O8PS. The van der Waals surface area contributed by atoms with Gasteiger partial charge in [0.2, 0.25) is 11.8 Å². The number of carbonyl (C=O) groups excluding carboxylic acids is 2. The Balaban J connectivity index is 1.86. The van der Waals surface area contributed by atoms with E-state index in [2.05, 4.69) is 28.2 Å². The number of aliphatic hydroxyl groups excluding tert-OH is 1. The number of unbranched alkanes of at least 4 members (excludes halogenated alkanes) is 3. The van der Waals surface area contributed by atoms with Crippen molar-refractivity contribution in [2.75, 3.05) is 38.8 Å². The van der Waals surface area contributed by atoms with Crippen LogP contribution in [0.5, 0.6) is 0 Å². The van der Waals surface area contributed by atoms with E-state index in [1.165, 1.54) is 31.7 Å². The third kappa shape index (κ3) is 11.0. The summed E-state index contributed by atoms with van der Waals surface area (Å²) in [5.74, 6) is 0.136. The molecule has 2 rings (SSSR count). The Morgan fingerprint density at radius 3 is 2.54 bits per heavy atom. The fourth-order valence-electron chi connectivity index (χ4n) is 3.76. The lowest BCUT2D eigenvalue weighted by Gasteiger charge is -2.18. The SMILES string of the molecule is CP(C)(=O)O[C@@H]1C[C@H](n2cc(/C=C/C(=O)NCCCCCCNC(=O)CCS)c(=O)[nH]c2=O)O[C@@H]1CO. The summed E-state index contributed by atoms with van der Waals surface area (Å²) in [7, 11) is -2.87. The van der Waals surface area contributed by atoms with Gasteiger partial charge >= 0.3 is 5.69 Å². The number of nitrogens with zero attached hydrogens (tertiary/aromatic N) is 1. The normalized spacial score (nSPS) is 19.8. The van der Waals surface area contributed by atoms with Crippen LogP contribution in [0.3, 0.4) is 0 Å². The number of nitrogens with one attached hydrogen (secondary N) is 3. The molecule has 0 saturated carbocycles. The third-order valence-electron chi connectivity index (χ3n) is 5.53. The molecule has 0 aromatic carbocycles. The van der Waals surface area contributed by atoms with Crippen LogP contribution in [-0.2, 0) is 23.4 Å². The first-order valence-electron chi connectivity index (χ1n) is 12.2. The monoisotopic (exact) mass is 560 g/mol. The van der Waals surface area contributed by atoms with Gasteiger partial charge in [0, 0.05) is 51.5 Å². The molecule has 1 fully saturated rings. The van der Waals surface area contributed by atoms with E-state index in [0.29, 0.717) is 25.3 Å². The maximum atomic E-state index is 12.4. The van der Waals surface area contributed by atoms with Crippen LogP contribution in [0.2, 0.25) is 0 Å². The summed E-state index contributed by atoms with van der Waals surface area (Å²) in [4.78, 5) is 50.3. The molecule has 3 atom stereocenters. The first kappa shape index (κ1) is 31.0. The predicted octanol–water partition coefficient (Wildman–Crippen LogP) is 0.865. The first-order valence-corrected chi connectivity index (χ1v) is 15.4. The molecule has 2 heterocycles. The zero-order valence-electron chi connectivity index (χ0n) is 21.2. The van der Waals surface area contributed by atoms with Crippen molar-refractivity contribution in [3.05, 3.63) is 38.7 Å². The number of rotatable bonds is 15. The minimum atomic E-state index is -2.87. The molecule has 1 aromatic rings. The fraction of sp³-hybridized carbons (Fsp3) is 0.652. The Morgan fingerprint density at radius 2 is 1.92 bits per heavy atom. The van der Waals surface area contributed by atoms with E-state index < -0.39 is 37.1 Å². The average molecular weight is 561 g/mol. The Labute approximate surface area is 221 Å². The Bertz CT molecular complexity index is 1100. The van der Waals surface area contributed by atoms with Gasteiger partial charge in [-0.2, -0.15) is 12.6 Å². The number of aromatic nitrogens is 2. The molecule has 1 aromatic heterocycles. The highest BCUT2D eigenvalue weighted by molar-refractivity contribution is 7.80. The molecule has 1 saturated heterocycles. The van der Waals surface area contributed by atoms with Crippen LogP contribution < -0.4 is 21.9 Å². The predicted molar refractivity (Wildman–Crippen MR) is 143 cm³/mol.